The molecule has 1 saturated carbocycles. The molecule has 132 valence electrons. The van der Waals surface area contributed by atoms with Crippen LogP contribution in [0.5, 0.6) is 0 Å². The van der Waals surface area contributed by atoms with Gasteiger partial charge < -0.3 is 10.0 Å². The van der Waals surface area contributed by atoms with E-state index in [1.165, 1.54) is 11.1 Å². The lowest BCUT2D eigenvalue weighted by atomic mass is 10.1. The van der Waals surface area contributed by atoms with Gasteiger partial charge in [-0.3, -0.25) is 9.69 Å². The van der Waals surface area contributed by atoms with Crippen molar-refractivity contribution in [2.75, 3.05) is 26.2 Å². The highest BCUT2D eigenvalue weighted by Gasteiger charge is 2.33. The van der Waals surface area contributed by atoms with Gasteiger partial charge in [0, 0.05) is 38.6 Å². The molecule has 2 atom stereocenters. The molecule has 3 rings (SSSR count). The van der Waals surface area contributed by atoms with Gasteiger partial charge >= 0.3 is 0 Å². The number of hydrogen-bond acceptors (Lipinski definition) is 3. The summed E-state index contributed by atoms with van der Waals surface area (Å²) in [7, 11) is 0. The molecule has 4 heteroatoms. The van der Waals surface area contributed by atoms with Gasteiger partial charge in [0.25, 0.3) is 0 Å². The molecule has 1 N–H and O–H groups in total. The molecule has 1 aromatic rings. The fourth-order valence-corrected chi connectivity index (χ4v) is 4.00. The van der Waals surface area contributed by atoms with Crippen molar-refractivity contribution in [1.29, 1.82) is 0 Å². The second-order valence-corrected chi connectivity index (χ2v) is 7.15. The van der Waals surface area contributed by atoms with Crippen molar-refractivity contribution in [3.8, 4) is 0 Å². The number of nitrogens with zero attached hydrogens (tertiary/aromatic N) is 2. The van der Waals surface area contributed by atoms with E-state index in [1.54, 1.807) is 0 Å². The lowest BCUT2D eigenvalue weighted by molar-refractivity contribution is -0.133. The number of piperazine rings is 1. The highest BCUT2D eigenvalue weighted by atomic mass is 16.3. The van der Waals surface area contributed by atoms with Crippen LogP contribution in [0.15, 0.2) is 24.3 Å². The maximum Gasteiger partial charge on any atom is 0.222 e. The van der Waals surface area contributed by atoms with E-state index < -0.39 is 0 Å². The first kappa shape index (κ1) is 17.4. The molecule has 1 amide bonds. The number of hydrogen-bond donors (Lipinski definition) is 1. The molecular formula is C20H30N2O2. The van der Waals surface area contributed by atoms with Crippen LogP contribution in [0.2, 0.25) is 0 Å². The van der Waals surface area contributed by atoms with E-state index in [9.17, 15) is 9.90 Å². The first-order valence-electron chi connectivity index (χ1n) is 9.45. The Balaban J connectivity index is 1.43. The van der Waals surface area contributed by atoms with E-state index >= 15 is 0 Å². The van der Waals surface area contributed by atoms with Crippen LogP contribution in [0, 0.1) is 0 Å². The van der Waals surface area contributed by atoms with Gasteiger partial charge in [0.15, 0.2) is 0 Å². The molecule has 0 radical (unpaired) electrons. The van der Waals surface area contributed by atoms with E-state index in [0.717, 1.165) is 58.3 Å². The molecule has 1 aliphatic heterocycles. The van der Waals surface area contributed by atoms with Crippen LogP contribution in [0.4, 0.5) is 0 Å². The second-order valence-electron chi connectivity index (χ2n) is 7.15. The number of rotatable bonds is 5. The number of amides is 1. The third-order valence-electron chi connectivity index (χ3n) is 5.64. The number of carbonyl (C=O) groups is 1. The molecule has 24 heavy (non-hydrogen) atoms. The zero-order chi connectivity index (χ0) is 16.9. The standard InChI is InChI=1S/C20H30N2O2/c1-2-16-6-8-17(9-7-16)10-11-20(24)22-14-12-21(13-15-22)18-4-3-5-19(18)23/h6-9,18-19,23H,2-5,10-15H2,1H3/t18-,19-/m1/s1. The van der Waals surface area contributed by atoms with Crippen LogP contribution >= 0.6 is 0 Å². The molecule has 0 bridgehead atoms. The maximum absolute atomic E-state index is 12.4. The molecular weight excluding hydrogens is 300 g/mol. The normalized spacial score (nSPS) is 25.2. The molecule has 1 aliphatic carbocycles. The molecule has 0 aromatic heterocycles. The number of carbonyl (C=O) groups excluding carboxylic acids is 1. The predicted molar refractivity (Wildman–Crippen MR) is 95.9 cm³/mol. The third-order valence-corrected chi connectivity index (χ3v) is 5.64. The van der Waals surface area contributed by atoms with Gasteiger partial charge in [0.2, 0.25) is 5.91 Å². The molecule has 1 saturated heterocycles. The van der Waals surface area contributed by atoms with Crippen molar-refractivity contribution < 1.29 is 9.90 Å². The minimum atomic E-state index is -0.168. The average Bonchev–Trinajstić information content (AvgIpc) is 3.06. The van der Waals surface area contributed by atoms with Crippen LogP contribution in [-0.2, 0) is 17.6 Å². The van der Waals surface area contributed by atoms with Gasteiger partial charge in [-0.05, 0) is 43.2 Å². The predicted octanol–water partition coefficient (Wildman–Crippen LogP) is 2.24. The Labute approximate surface area is 145 Å². The summed E-state index contributed by atoms with van der Waals surface area (Å²) >= 11 is 0. The lowest BCUT2D eigenvalue weighted by Crippen LogP contribution is -2.53. The first-order valence-corrected chi connectivity index (χ1v) is 9.45. The highest BCUT2D eigenvalue weighted by molar-refractivity contribution is 5.76. The van der Waals surface area contributed by atoms with E-state index in [-0.39, 0.29) is 12.0 Å². The Bertz CT molecular complexity index is 535. The summed E-state index contributed by atoms with van der Waals surface area (Å²) in [6, 6.07) is 8.92. The van der Waals surface area contributed by atoms with Crippen LogP contribution in [0.3, 0.4) is 0 Å². The van der Waals surface area contributed by atoms with Gasteiger partial charge in [-0.25, -0.2) is 0 Å². The average molecular weight is 330 g/mol. The van der Waals surface area contributed by atoms with E-state index in [4.69, 9.17) is 0 Å². The largest absolute Gasteiger partial charge is 0.391 e. The van der Waals surface area contributed by atoms with Gasteiger partial charge in [-0.1, -0.05) is 31.2 Å². The van der Waals surface area contributed by atoms with Crippen molar-refractivity contribution in [1.82, 2.24) is 9.80 Å². The minimum Gasteiger partial charge on any atom is -0.391 e. The van der Waals surface area contributed by atoms with E-state index in [2.05, 4.69) is 36.1 Å². The summed E-state index contributed by atoms with van der Waals surface area (Å²) in [5.41, 5.74) is 2.59. The Morgan fingerprint density at radius 3 is 2.33 bits per heavy atom. The fourth-order valence-electron chi connectivity index (χ4n) is 4.00. The van der Waals surface area contributed by atoms with E-state index in [1.807, 2.05) is 4.90 Å². The summed E-state index contributed by atoms with van der Waals surface area (Å²) in [6.07, 6.45) is 5.46. The summed E-state index contributed by atoms with van der Waals surface area (Å²) in [6.45, 7) is 5.56. The summed E-state index contributed by atoms with van der Waals surface area (Å²) < 4.78 is 0. The Morgan fingerprint density at radius 2 is 1.75 bits per heavy atom. The highest BCUT2D eigenvalue weighted by Crippen LogP contribution is 2.25. The summed E-state index contributed by atoms with van der Waals surface area (Å²) in [4.78, 5) is 16.8. The molecule has 0 unspecified atom stereocenters. The summed E-state index contributed by atoms with van der Waals surface area (Å²) in [5.74, 6) is 0.265. The zero-order valence-electron chi connectivity index (χ0n) is 14.8. The first-order chi connectivity index (χ1) is 11.7. The van der Waals surface area contributed by atoms with Crippen LogP contribution in [0.1, 0.15) is 43.7 Å². The Morgan fingerprint density at radius 1 is 1.08 bits per heavy atom. The smallest absolute Gasteiger partial charge is 0.222 e. The van der Waals surface area contributed by atoms with Crippen molar-refractivity contribution in [2.45, 2.75) is 57.6 Å². The molecule has 4 nitrogen and oxygen atoms in total. The van der Waals surface area contributed by atoms with Crippen LogP contribution in [0.25, 0.3) is 0 Å². The second kappa shape index (κ2) is 8.13. The maximum atomic E-state index is 12.4. The van der Waals surface area contributed by atoms with Gasteiger partial charge in [-0.15, -0.1) is 0 Å². The topological polar surface area (TPSA) is 43.8 Å². The quantitative estimate of drug-likeness (QED) is 0.900. The molecule has 0 spiro atoms. The zero-order valence-corrected chi connectivity index (χ0v) is 14.8. The number of benzene rings is 1. The Kier molecular flexibility index (Phi) is 5.90. The van der Waals surface area contributed by atoms with Crippen LogP contribution < -0.4 is 0 Å². The van der Waals surface area contributed by atoms with E-state index in [0.29, 0.717) is 12.5 Å². The molecule has 2 fully saturated rings. The molecule has 1 aromatic carbocycles. The van der Waals surface area contributed by atoms with Gasteiger partial charge in [-0.2, -0.15) is 0 Å². The lowest BCUT2D eigenvalue weighted by Gasteiger charge is -2.39. The van der Waals surface area contributed by atoms with Gasteiger partial charge in [0.05, 0.1) is 6.10 Å². The monoisotopic (exact) mass is 330 g/mol. The van der Waals surface area contributed by atoms with Crippen molar-refractivity contribution in [3.05, 3.63) is 35.4 Å². The van der Waals surface area contributed by atoms with Gasteiger partial charge in [0.1, 0.15) is 0 Å². The number of aliphatic hydroxyl groups is 1. The van der Waals surface area contributed by atoms with Crippen LogP contribution in [-0.4, -0.2) is 59.1 Å². The Hall–Kier alpha value is -1.39. The SMILES string of the molecule is CCc1ccc(CCC(=O)N2CCN([C@@H]3CCC[C@H]3O)CC2)cc1. The molecule has 1 heterocycles. The minimum absolute atomic E-state index is 0.168. The third kappa shape index (κ3) is 4.17. The fraction of sp³-hybridized carbons (Fsp3) is 0.650. The number of aliphatic hydroxyl groups excluding tert-OH is 1. The molecule has 2 aliphatic rings. The summed E-state index contributed by atoms with van der Waals surface area (Å²) in [5, 5.41) is 10.0. The number of aryl methyl sites for hydroxylation is 2. The van der Waals surface area contributed by atoms with Crippen molar-refractivity contribution in [3.63, 3.8) is 0 Å². The van der Waals surface area contributed by atoms with Crippen molar-refractivity contribution in [2.24, 2.45) is 0 Å². The van der Waals surface area contributed by atoms with Crippen molar-refractivity contribution >= 4 is 5.91 Å².